The van der Waals surface area contributed by atoms with Crippen molar-refractivity contribution in [1.29, 1.82) is 0 Å². The highest BCUT2D eigenvalue weighted by atomic mass is 16.5. The zero-order valence-electron chi connectivity index (χ0n) is 15.9. The van der Waals surface area contributed by atoms with Crippen LogP contribution in [0.4, 0.5) is 10.6 Å². The number of rotatable bonds is 7. The summed E-state index contributed by atoms with van der Waals surface area (Å²) in [5.74, 6) is 2.20. The fourth-order valence-corrected chi connectivity index (χ4v) is 2.57. The number of methoxy groups -OCH3 is 1. The van der Waals surface area contributed by atoms with Crippen molar-refractivity contribution in [3.05, 3.63) is 65.7 Å². The molecule has 2 N–H and O–H groups in total. The van der Waals surface area contributed by atoms with E-state index in [0.717, 1.165) is 11.1 Å². The van der Waals surface area contributed by atoms with Crippen molar-refractivity contribution in [2.45, 2.75) is 26.5 Å². The summed E-state index contributed by atoms with van der Waals surface area (Å²) in [7, 11) is 1.58. The molecular weight excluding hydrogens is 360 g/mol. The molecular formula is C20H22N4O4. The maximum absolute atomic E-state index is 12.1. The van der Waals surface area contributed by atoms with Gasteiger partial charge >= 0.3 is 6.03 Å². The molecule has 3 aromatic rings. The number of hydrogen-bond acceptors (Lipinski definition) is 6. The van der Waals surface area contributed by atoms with Gasteiger partial charge in [0.25, 0.3) is 0 Å². The van der Waals surface area contributed by atoms with Crippen molar-refractivity contribution in [3.63, 3.8) is 0 Å². The van der Waals surface area contributed by atoms with E-state index >= 15 is 0 Å². The van der Waals surface area contributed by atoms with Crippen LogP contribution < -0.4 is 20.1 Å². The zero-order chi connectivity index (χ0) is 19.9. The maximum Gasteiger partial charge on any atom is 0.320 e. The van der Waals surface area contributed by atoms with Gasteiger partial charge in [-0.25, -0.2) is 4.79 Å². The van der Waals surface area contributed by atoms with Crippen LogP contribution >= 0.6 is 0 Å². The molecule has 0 spiro atoms. The fourth-order valence-electron chi connectivity index (χ4n) is 2.57. The van der Waals surface area contributed by atoms with E-state index in [9.17, 15) is 4.79 Å². The van der Waals surface area contributed by atoms with E-state index in [1.54, 1.807) is 32.5 Å². The summed E-state index contributed by atoms with van der Waals surface area (Å²) in [5.41, 5.74) is 1.88. The predicted octanol–water partition coefficient (Wildman–Crippen LogP) is 3.85. The van der Waals surface area contributed by atoms with Crippen molar-refractivity contribution in [2.24, 2.45) is 0 Å². The first-order valence-electron chi connectivity index (χ1n) is 8.75. The van der Waals surface area contributed by atoms with Gasteiger partial charge < -0.3 is 19.3 Å². The van der Waals surface area contributed by atoms with Gasteiger partial charge in [0.15, 0.2) is 17.3 Å². The van der Waals surface area contributed by atoms with Crippen LogP contribution in [0.3, 0.4) is 0 Å². The molecule has 0 aliphatic heterocycles. The lowest BCUT2D eigenvalue weighted by Gasteiger charge is -2.17. The quantitative estimate of drug-likeness (QED) is 0.644. The van der Waals surface area contributed by atoms with Gasteiger partial charge in [-0.15, -0.1) is 0 Å². The van der Waals surface area contributed by atoms with Gasteiger partial charge in [0, 0.05) is 18.5 Å². The number of urea groups is 1. The molecule has 1 atom stereocenters. The summed E-state index contributed by atoms with van der Waals surface area (Å²) in [6.45, 7) is 4.04. The van der Waals surface area contributed by atoms with Crippen LogP contribution in [0.15, 0.2) is 53.3 Å². The normalized spacial score (nSPS) is 11.5. The van der Waals surface area contributed by atoms with E-state index in [1.807, 2.05) is 37.3 Å². The fraction of sp³-hybridized carbons (Fsp3) is 0.250. The number of nitrogens with one attached hydrogen (secondary N) is 2. The van der Waals surface area contributed by atoms with E-state index in [0.29, 0.717) is 29.7 Å². The molecule has 0 saturated carbocycles. The van der Waals surface area contributed by atoms with E-state index in [-0.39, 0.29) is 12.1 Å². The smallest absolute Gasteiger partial charge is 0.320 e. The number of carbonyl (C=O) groups is 1. The van der Waals surface area contributed by atoms with E-state index in [1.165, 1.54) is 0 Å². The summed E-state index contributed by atoms with van der Waals surface area (Å²) in [4.78, 5) is 16.1. The minimum Gasteiger partial charge on any atom is -0.493 e. The van der Waals surface area contributed by atoms with Gasteiger partial charge in [-0.05, 0) is 49.2 Å². The Kier molecular flexibility index (Phi) is 6.11. The van der Waals surface area contributed by atoms with Crippen molar-refractivity contribution in [1.82, 2.24) is 15.5 Å². The molecule has 2 heterocycles. The Morgan fingerprint density at radius 1 is 1.18 bits per heavy atom. The maximum atomic E-state index is 12.1. The Balaban J connectivity index is 1.62. The number of benzene rings is 1. The third-order valence-electron chi connectivity index (χ3n) is 4.05. The molecule has 0 aliphatic rings. The Hall–Kier alpha value is -3.55. The molecule has 0 radical (unpaired) electrons. The molecule has 2 aromatic heterocycles. The summed E-state index contributed by atoms with van der Waals surface area (Å²) in [6, 6.07) is 10.3. The number of nitrogens with zero attached hydrogens (tertiary/aromatic N) is 2. The Labute approximate surface area is 162 Å². The van der Waals surface area contributed by atoms with Gasteiger partial charge in [0.2, 0.25) is 0 Å². The highest BCUT2D eigenvalue weighted by Crippen LogP contribution is 2.31. The van der Waals surface area contributed by atoms with Gasteiger partial charge in [-0.2, -0.15) is 0 Å². The average Bonchev–Trinajstić information content (AvgIpc) is 3.11. The zero-order valence-corrected chi connectivity index (χ0v) is 15.9. The van der Waals surface area contributed by atoms with Gasteiger partial charge in [-0.1, -0.05) is 11.2 Å². The monoisotopic (exact) mass is 382 g/mol. The number of hydrogen-bond donors (Lipinski definition) is 2. The molecule has 0 fully saturated rings. The van der Waals surface area contributed by atoms with Gasteiger partial charge in [0.1, 0.15) is 12.4 Å². The highest BCUT2D eigenvalue weighted by molar-refractivity contribution is 5.88. The van der Waals surface area contributed by atoms with E-state index < -0.39 is 0 Å². The molecule has 8 nitrogen and oxygen atoms in total. The van der Waals surface area contributed by atoms with Crippen LogP contribution in [-0.2, 0) is 6.61 Å². The Morgan fingerprint density at radius 3 is 2.64 bits per heavy atom. The molecule has 146 valence electrons. The van der Waals surface area contributed by atoms with Crippen molar-refractivity contribution in [2.75, 3.05) is 12.4 Å². The number of anilines is 1. The third kappa shape index (κ3) is 5.00. The van der Waals surface area contributed by atoms with Crippen molar-refractivity contribution < 1.29 is 18.8 Å². The Morgan fingerprint density at radius 2 is 1.96 bits per heavy atom. The lowest BCUT2D eigenvalue weighted by atomic mass is 10.1. The number of amides is 2. The molecule has 28 heavy (non-hydrogen) atoms. The summed E-state index contributed by atoms with van der Waals surface area (Å²) in [5, 5.41) is 9.21. The third-order valence-corrected chi connectivity index (χ3v) is 4.05. The Bertz CT molecular complexity index is 927. The van der Waals surface area contributed by atoms with Gasteiger partial charge in [0.05, 0.1) is 13.2 Å². The minimum atomic E-state index is -0.377. The lowest BCUT2D eigenvalue weighted by Crippen LogP contribution is -2.31. The highest BCUT2D eigenvalue weighted by Gasteiger charge is 2.14. The number of aromatic nitrogens is 2. The first-order valence-corrected chi connectivity index (χ1v) is 8.75. The molecule has 2 amide bonds. The second-order valence-electron chi connectivity index (χ2n) is 6.20. The predicted molar refractivity (Wildman–Crippen MR) is 103 cm³/mol. The molecule has 1 unspecified atom stereocenters. The van der Waals surface area contributed by atoms with E-state index in [2.05, 4.69) is 20.8 Å². The van der Waals surface area contributed by atoms with Crippen LogP contribution in [0.5, 0.6) is 11.5 Å². The standard InChI is InChI=1S/C20H22N4O4/c1-13-10-19(24-28-13)23-20(25)22-14(2)16-4-5-17(18(11-16)26-3)27-12-15-6-8-21-9-7-15/h4-11,14H,12H2,1-3H3,(H2,22,23,24,25). The molecule has 0 aliphatic carbocycles. The lowest BCUT2D eigenvalue weighted by molar-refractivity contribution is 0.249. The van der Waals surface area contributed by atoms with Crippen molar-refractivity contribution in [3.8, 4) is 11.5 Å². The van der Waals surface area contributed by atoms with Crippen molar-refractivity contribution >= 4 is 11.8 Å². The van der Waals surface area contributed by atoms with Crippen LogP contribution in [-0.4, -0.2) is 23.3 Å². The summed E-state index contributed by atoms with van der Waals surface area (Å²) < 4.78 is 16.2. The summed E-state index contributed by atoms with van der Waals surface area (Å²) in [6.07, 6.45) is 3.44. The van der Waals surface area contributed by atoms with Crippen LogP contribution in [0.25, 0.3) is 0 Å². The number of ether oxygens (including phenoxy) is 2. The molecule has 3 rings (SSSR count). The summed E-state index contributed by atoms with van der Waals surface area (Å²) >= 11 is 0. The first kappa shape index (κ1) is 19.2. The molecule has 8 heteroatoms. The first-order chi connectivity index (χ1) is 13.5. The van der Waals surface area contributed by atoms with Gasteiger partial charge in [-0.3, -0.25) is 10.3 Å². The second kappa shape index (κ2) is 8.90. The molecule has 0 bridgehead atoms. The number of aryl methyl sites for hydroxylation is 1. The largest absolute Gasteiger partial charge is 0.493 e. The van der Waals surface area contributed by atoms with E-state index in [4.69, 9.17) is 14.0 Å². The number of carbonyl (C=O) groups excluding carboxylic acids is 1. The number of pyridine rings is 1. The SMILES string of the molecule is COc1cc(C(C)NC(=O)Nc2cc(C)on2)ccc1OCc1ccncc1. The second-order valence-corrected chi connectivity index (χ2v) is 6.20. The van der Waals surface area contributed by atoms with Crippen LogP contribution in [0.1, 0.15) is 29.9 Å². The average molecular weight is 382 g/mol. The van der Waals surface area contributed by atoms with Crippen LogP contribution in [0.2, 0.25) is 0 Å². The minimum absolute atomic E-state index is 0.254. The topological polar surface area (TPSA) is 98.5 Å². The van der Waals surface area contributed by atoms with Crippen LogP contribution in [0, 0.1) is 6.92 Å². The molecule has 0 saturated heterocycles. The molecule has 1 aromatic carbocycles.